The lowest BCUT2D eigenvalue weighted by molar-refractivity contribution is -0.156. The van der Waals surface area contributed by atoms with Gasteiger partial charge in [-0.15, -0.1) is 0 Å². The fourth-order valence-corrected chi connectivity index (χ4v) is 7.08. The average molecular weight is 435 g/mol. The molecule has 1 unspecified atom stereocenters. The molecule has 1 fully saturated rings. The maximum Gasteiger partial charge on any atom is 0.340 e. The second-order valence-corrected chi connectivity index (χ2v) is 10.4. The van der Waals surface area contributed by atoms with Crippen LogP contribution in [0.5, 0.6) is 0 Å². The monoisotopic (exact) mass is 434 g/mol. The molecule has 1 saturated heterocycles. The van der Waals surface area contributed by atoms with Crippen molar-refractivity contribution in [2.24, 2.45) is 5.41 Å². The summed E-state index contributed by atoms with van der Waals surface area (Å²) < 4.78 is 48.6. The van der Waals surface area contributed by atoms with E-state index in [4.69, 9.17) is 9.16 Å². The SMILES string of the molecule is CC(C)(C)C1(S(=O)(=O)O)OC(=O)[C@@](C)(O[SiH3])C1(c1ccccc1)c1ccccc1. The zero-order chi connectivity index (χ0) is 21.7. The van der Waals surface area contributed by atoms with Gasteiger partial charge in [0.2, 0.25) is 0 Å². The van der Waals surface area contributed by atoms with E-state index in [0.29, 0.717) is 11.1 Å². The molecule has 0 saturated carbocycles. The Labute approximate surface area is 174 Å². The van der Waals surface area contributed by atoms with Gasteiger partial charge in [-0.1, -0.05) is 81.4 Å². The van der Waals surface area contributed by atoms with Crippen LogP contribution in [0.25, 0.3) is 0 Å². The number of cyclic esters (lactones) is 1. The van der Waals surface area contributed by atoms with Gasteiger partial charge in [-0.2, -0.15) is 8.42 Å². The summed E-state index contributed by atoms with van der Waals surface area (Å²) in [6.45, 7) is 6.44. The summed E-state index contributed by atoms with van der Waals surface area (Å²) in [5.74, 6) is -0.826. The number of rotatable bonds is 4. The molecule has 8 heteroatoms. The Morgan fingerprint density at radius 2 is 1.38 bits per heavy atom. The van der Waals surface area contributed by atoms with E-state index < -0.39 is 37.5 Å². The van der Waals surface area contributed by atoms with Crippen LogP contribution in [0.2, 0.25) is 0 Å². The van der Waals surface area contributed by atoms with E-state index in [1.165, 1.54) is 0 Å². The minimum absolute atomic E-state index is 0.143. The van der Waals surface area contributed by atoms with Crippen molar-refractivity contribution in [1.82, 2.24) is 0 Å². The van der Waals surface area contributed by atoms with E-state index in [2.05, 4.69) is 0 Å². The number of carbonyl (C=O) groups excluding carboxylic acids is 1. The maximum atomic E-state index is 13.3. The molecule has 1 aliphatic heterocycles. The van der Waals surface area contributed by atoms with Crippen LogP contribution in [0.15, 0.2) is 60.7 Å². The smallest absolute Gasteiger partial charge is 0.340 e. The van der Waals surface area contributed by atoms with Gasteiger partial charge in [-0.25, -0.2) is 4.79 Å². The molecule has 0 aromatic heterocycles. The van der Waals surface area contributed by atoms with Crippen LogP contribution in [-0.4, -0.2) is 40.0 Å². The average Bonchev–Trinajstić information content (AvgIpc) is 2.89. The van der Waals surface area contributed by atoms with Gasteiger partial charge in [0.05, 0.1) is 0 Å². The Hall–Kier alpha value is -2.00. The van der Waals surface area contributed by atoms with Gasteiger partial charge in [0.25, 0.3) is 4.93 Å². The summed E-state index contributed by atoms with van der Waals surface area (Å²) in [6.07, 6.45) is 0. The topological polar surface area (TPSA) is 89.9 Å². The minimum atomic E-state index is -4.95. The highest BCUT2D eigenvalue weighted by molar-refractivity contribution is 7.87. The number of benzene rings is 2. The predicted octanol–water partition coefficient (Wildman–Crippen LogP) is 2.22. The Morgan fingerprint density at radius 3 is 1.69 bits per heavy atom. The van der Waals surface area contributed by atoms with Gasteiger partial charge < -0.3 is 9.16 Å². The normalized spacial score (nSPS) is 27.0. The summed E-state index contributed by atoms with van der Waals surface area (Å²) in [5, 5.41) is 0. The molecule has 0 bridgehead atoms. The lowest BCUT2D eigenvalue weighted by Gasteiger charge is -2.52. The molecule has 156 valence electrons. The number of carbonyl (C=O) groups is 1. The standard InChI is InChI=1S/C21H26O6SSi/c1-18(2,3)21(28(23,24)25)20(15-11-7-5-8-12-15,16-13-9-6-10-14-16)19(4,27-29)17(22)26-21/h5-14H,1-4,29H3,(H,23,24,25)/t19-,21?/m1/s1. The zero-order valence-electron chi connectivity index (χ0n) is 17.2. The Balaban J connectivity index is 2.68. The number of hydrogen-bond donors (Lipinski definition) is 1. The van der Waals surface area contributed by atoms with E-state index in [1.54, 1.807) is 88.4 Å². The molecule has 6 nitrogen and oxygen atoms in total. The van der Waals surface area contributed by atoms with Crippen LogP contribution in [0.1, 0.15) is 38.8 Å². The minimum Gasteiger partial charge on any atom is -0.436 e. The molecular formula is C21H26O6SSi. The number of hydrogen-bond acceptors (Lipinski definition) is 5. The maximum absolute atomic E-state index is 13.3. The van der Waals surface area contributed by atoms with Crippen LogP contribution >= 0.6 is 0 Å². The quantitative estimate of drug-likeness (QED) is 0.451. The van der Waals surface area contributed by atoms with E-state index in [9.17, 15) is 17.8 Å². The van der Waals surface area contributed by atoms with Gasteiger partial charge in [0.15, 0.2) is 5.60 Å². The molecule has 0 aliphatic carbocycles. The van der Waals surface area contributed by atoms with Crippen molar-refractivity contribution in [3.63, 3.8) is 0 Å². The molecule has 1 aliphatic rings. The summed E-state index contributed by atoms with van der Waals surface area (Å²) in [4.78, 5) is 11.0. The van der Waals surface area contributed by atoms with Crippen molar-refractivity contribution in [2.75, 3.05) is 0 Å². The second-order valence-electron chi connectivity index (χ2n) is 8.45. The third-order valence-electron chi connectivity index (χ3n) is 6.01. The first-order chi connectivity index (χ1) is 13.4. The first-order valence-electron chi connectivity index (χ1n) is 9.27. The summed E-state index contributed by atoms with van der Waals surface area (Å²) in [6, 6.07) is 17.6. The summed E-state index contributed by atoms with van der Waals surface area (Å²) >= 11 is 0. The van der Waals surface area contributed by atoms with Crippen molar-refractivity contribution < 1.29 is 26.9 Å². The Morgan fingerprint density at radius 1 is 0.966 bits per heavy atom. The molecule has 2 aromatic carbocycles. The Kier molecular flexibility index (Phi) is 5.06. The van der Waals surface area contributed by atoms with Gasteiger partial charge in [-0.3, -0.25) is 4.55 Å². The van der Waals surface area contributed by atoms with Crippen LogP contribution in [0.4, 0.5) is 0 Å². The molecule has 1 N–H and O–H groups in total. The van der Waals surface area contributed by atoms with Gasteiger partial charge in [0, 0.05) is 5.41 Å². The Bertz CT molecular complexity index is 977. The highest BCUT2D eigenvalue weighted by Gasteiger charge is 2.82. The molecule has 2 atom stereocenters. The predicted molar refractivity (Wildman–Crippen MR) is 113 cm³/mol. The zero-order valence-corrected chi connectivity index (χ0v) is 20.0. The van der Waals surface area contributed by atoms with Crippen molar-refractivity contribution in [2.45, 2.75) is 43.6 Å². The van der Waals surface area contributed by atoms with Gasteiger partial charge in [-0.05, 0) is 18.1 Å². The molecule has 29 heavy (non-hydrogen) atoms. The molecule has 0 radical (unpaired) electrons. The molecule has 1 heterocycles. The first-order valence-corrected chi connectivity index (χ1v) is 11.5. The van der Waals surface area contributed by atoms with Crippen LogP contribution in [0, 0.1) is 5.41 Å². The van der Waals surface area contributed by atoms with E-state index >= 15 is 0 Å². The summed E-state index contributed by atoms with van der Waals surface area (Å²) in [7, 11) is -4.80. The molecule has 2 aromatic rings. The first kappa shape index (κ1) is 21.7. The van der Waals surface area contributed by atoms with E-state index in [-0.39, 0.29) is 10.5 Å². The highest BCUT2D eigenvalue weighted by atomic mass is 32.2. The van der Waals surface area contributed by atoms with Crippen LogP contribution in [-0.2, 0) is 29.5 Å². The highest BCUT2D eigenvalue weighted by Crippen LogP contribution is 2.64. The number of esters is 1. The fourth-order valence-electron chi connectivity index (χ4n) is 4.83. The molecule has 3 rings (SSSR count). The van der Waals surface area contributed by atoms with Crippen molar-refractivity contribution >= 4 is 26.6 Å². The fraction of sp³-hybridized carbons (Fsp3) is 0.381. The van der Waals surface area contributed by atoms with Crippen LogP contribution < -0.4 is 0 Å². The second kappa shape index (κ2) is 6.77. The summed E-state index contributed by atoms with van der Waals surface area (Å²) in [5.41, 5.74) is -3.54. The van der Waals surface area contributed by atoms with E-state index in [1.807, 2.05) is 0 Å². The lowest BCUT2D eigenvalue weighted by atomic mass is 9.57. The molecule has 0 spiro atoms. The molecular weight excluding hydrogens is 408 g/mol. The molecule has 0 amide bonds. The third kappa shape index (κ3) is 2.59. The van der Waals surface area contributed by atoms with Crippen LogP contribution in [0.3, 0.4) is 0 Å². The largest absolute Gasteiger partial charge is 0.436 e. The lowest BCUT2D eigenvalue weighted by Crippen LogP contribution is -2.68. The third-order valence-corrected chi connectivity index (χ3v) is 8.55. The number of ether oxygens (including phenoxy) is 1. The van der Waals surface area contributed by atoms with Crippen molar-refractivity contribution in [1.29, 1.82) is 0 Å². The van der Waals surface area contributed by atoms with Crippen molar-refractivity contribution in [3.05, 3.63) is 71.8 Å². The van der Waals surface area contributed by atoms with Crippen molar-refractivity contribution in [3.8, 4) is 0 Å². The van der Waals surface area contributed by atoms with Gasteiger partial charge in [0.1, 0.15) is 15.9 Å². The van der Waals surface area contributed by atoms with Gasteiger partial charge >= 0.3 is 16.1 Å². The van der Waals surface area contributed by atoms with E-state index in [0.717, 1.165) is 0 Å².